The minimum Gasteiger partial charge on any atom is -0.387 e. The number of nitrogens with zero attached hydrogens (tertiary/aromatic N) is 7. The molecular formula is C22H20F3N9O2. The van der Waals surface area contributed by atoms with Gasteiger partial charge in [-0.2, -0.15) is 24.2 Å². The summed E-state index contributed by atoms with van der Waals surface area (Å²) in [4.78, 5) is 21.4. The van der Waals surface area contributed by atoms with Gasteiger partial charge in [0.1, 0.15) is 17.9 Å². The summed E-state index contributed by atoms with van der Waals surface area (Å²) in [5.74, 6) is -0.709. The van der Waals surface area contributed by atoms with Gasteiger partial charge in [-0.1, -0.05) is 0 Å². The van der Waals surface area contributed by atoms with E-state index in [1.54, 1.807) is 0 Å². The summed E-state index contributed by atoms with van der Waals surface area (Å²) in [6.45, 7) is -0.776. The predicted octanol–water partition coefficient (Wildman–Crippen LogP) is 2.84. The maximum atomic E-state index is 14.1. The van der Waals surface area contributed by atoms with Crippen LogP contribution in [0.4, 0.5) is 24.5 Å². The number of fused-ring (bicyclic) bond motifs is 1. The molecule has 0 radical (unpaired) electrons. The summed E-state index contributed by atoms with van der Waals surface area (Å²) >= 11 is 0. The molecule has 4 aromatic rings. The van der Waals surface area contributed by atoms with E-state index in [0.717, 1.165) is 12.4 Å². The molecule has 36 heavy (non-hydrogen) atoms. The number of nitrogens with one attached hydrogen (secondary N) is 2. The van der Waals surface area contributed by atoms with Crippen molar-refractivity contribution in [1.29, 1.82) is 5.26 Å². The number of aliphatic hydroxyl groups is 1. The molecule has 0 aliphatic rings. The first-order valence-electron chi connectivity index (χ1n) is 10.5. The number of hydrogen-bond acceptors (Lipinski definition) is 8. The van der Waals surface area contributed by atoms with E-state index in [1.807, 2.05) is 6.07 Å². The Morgan fingerprint density at radius 2 is 1.94 bits per heavy atom. The molecule has 0 aliphatic carbocycles. The first-order valence-corrected chi connectivity index (χ1v) is 10.5. The van der Waals surface area contributed by atoms with Crippen LogP contribution < -0.4 is 10.6 Å². The van der Waals surface area contributed by atoms with Crippen molar-refractivity contribution >= 4 is 22.9 Å². The van der Waals surface area contributed by atoms with E-state index in [-0.39, 0.29) is 16.9 Å². The summed E-state index contributed by atoms with van der Waals surface area (Å²) in [5.41, 5.74) is 0.0987. The average molecular weight is 499 g/mol. The lowest BCUT2D eigenvalue weighted by atomic mass is 10.0. The molecule has 0 saturated heterocycles. The molecule has 0 bridgehead atoms. The fourth-order valence-electron chi connectivity index (χ4n) is 3.18. The van der Waals surface area contributed by atoms with Crippen LogP contribution in [0.1, 0.15) is 36.3 Å². The van der Waals surface area contributed by atoms with E-state index in [9.17, 15) is 23.1 Å². The van der Waals surface area contributed by atoms with Crippen molar-refractivity contribution in [2.75, 3.05) is 11.9 Å². The molecule has 1 atom stereocenters. The smallest absolute Gasteiger partial charge is 0.333 e. The Morgan fingerprint density at radius 1 is 1.17 bits per heavy atom. The number of aromatic nitrogens is 6. The monoisotopic (exact) mass is 499 g/mol. The van der Waals surface area contributed by atoms with Crippen LogP contribution in [-0.2, 0) is 0 Å². The lowest BCUT2D eigenvalue weighted by Gasteiger charge is -2.22. The van der Waals surface area contributed by atoms with Gasteiger partial charge in [0, 0.05) is 12.3 Å². The van der Waals surface area contributed by atoms with Gasteiger partial charge in [-0.25, -0.2) is 18.6 Å². The fraction of sp³-hybridized carbons (Fsp3) is 0.273. The summed E-state index contributed by atoms with van der Waals surface area (Å²) in [7, 11) is 0. The van der Waals surface area contributed by atoms with Gasteiger partial charge in [0.2, 0.25) is 0 Å². The van der Waals surface area contributed by atoms with E-state index in [2.05, 4.69) is 30.8 Å². The number of imidazole rings is 1. The van der Waals surface area contributed by atoms with Gasteiger partial charge in [-0.15, -0.1) is 0 Å². The number of hydrogen-bond donors (Lipinski definition) is 3. The van der Waals surface area contributed by atoms with E-state index in [4.69, 9.17) is 5.26 Å². The van der Waals surface area contributed by atoms with E-state index in [1.165, 1.54) is 49.1 Å². The number of anilines is 2. The molecule has 1 amide bonds. The highest BCUT2D eigenvalue weighted by Gasteiger charge is 2.27. The van der Waals surface area contributed by atoms with Crippen LogP contribution in [0.2, 0.25) is 0 Å². The summed E-state index contributed by atoms with van der Waals surface area (Å²) in [5, 5.41) is 31.8. The molecule has 0 aromatic carbocycles. The molecule has 4 heterocycles. The zero-order chi connectivity index (χ0) is 26.0. The molecule has 0 aliphatic heterocycles. The summed E-state index contributed by atoms with van der Waals surface area (Å²) in [6, 6.07) is 4.98. The number of alkyl halides is 3. The Hall–Kier alpha value is -4.51. The number of pyridine rings is 1. The highest BCUT2D eigenvalue weighted by Crippen LogP contribution is 2.27. The van der Waals surface area contributed by atoms with Crippen LogP contribution in [0.15, 0.2) is 43.1 Å². The molecule has 11 nitrogen and oxygen atoms in total. The Morgan fingerprint density at radius 3 is 2.61 bits per heavy atom. The molecule has 0 saturated carbocycles. The Labute approximate surface area is 202 Å². The van der Waals surface area contributed by atoms with Gasteiger partial charge in [0.05, 0.1) is 65.1 Å². The second kappa shape index (κ2) is 9.62. The third kappa shape index (κ3) is 5.10. The summed E-state index contributed by atoms with van der Waals surface area (Å²) < 4.78 is 41.9. The maximum Gasteiger partial charge on any atom is 0.333 e. The third-order valence-electron chi connectivity index (χ3n) is 5.19. The average Bonchev–Trinajstić information content (AvgIpc) is 3.48. The Kier molecular flexibility index (Phi) is 6.58. The van der Waals surface area contributed by atoms with Gasteiger partial charge < -0.3 is 15.7 Å². The zero-order valence-electron chi connectivity index (χ0n) is 19.0. The molecule has 0 spiro atoms. The van der Waals surface area contributed by atoms with Crippen molar-refractivity contribution in [3.63, 3.8) is 0 Å². The molecule has 4 rings (SSSR count). The maximum absolute atomic E-state index is 14.1. The number of nitriles is 1. The van der Waals surface area contributed by atoms with Gasteiger partial charge in [-0.05, 0) is 19.9 Å². The second-order valence-corrected chi connectivity index (χ2v) is 8.33. The number of carbonyl (C=O) groups excluding carboxylic acids is 1. The standard InChI is InChI=1S/C22H20F3N9O2/c1-22(2,36)18(23)10-29-20(35)14-8-27-16(4-15(14)32-13-7-30-33(11-13)21(24)25)17-9-28-19-3-12(5-26)6-31-34(17)19/h3-4,6-9,11,18,21,36H,10H2,1-2H3,(H,27,32)(H,29,35). The van der Waals surface area contributed by atoms with Crippen molar-refractivity contribution in [1.82, 2.24) is 34.7 Å². The van der Waals surface area contributed by atoms with Crippen molar-refractivity contribution in [3.05, 3.63) is 54.2 Å². The minimum absolute atomic E-state index is 0.0139. The first-order chi connectivity index (χ1) is 17.1. The molecule has 1 unspecified atom stereocenters. The van der Waals surface area contributed by atoms with E-state index < -0.39 is 30.8 Å². The Bertz CT molecular complexity index is 1450. The summed E-state index contributed by atoms with van der Waals surface area (Å²) in [6.07, 6.45) is 4.52. The number of halogens is 3. The quantitative estimate of drug-likeness (QED) is 0.335. The van der Waals surface area contributed by atoms with E-state index >= 15 is 0 Å². The van der Waals surface area contributed by atoms with Crippen molar-refractivity contribution < 1.29 is 23.1 Å². The SMILES string of the molecule is CC(C)(O)C(F)CNC(=O)c1cnc(-c2cnc3cc(C#N)cnn23)cc1Nc1cnn(C(F)F)c1. The molecule has 3 N–H and O–H groups in total. The van der Waals surface area contributed by atoms with Gasteiger partial charge in [-0.3, -0.25) is 9.78 Å². The largest absolute Gasteiger partial charge is 0.387 e. The van der Waals surface area contributed by atoms with Crippen molar-refractivity contribution in [2.45, 2.75) is 32.2 Å². The van der Waals surface area contributed by atoms with E-state index in [0.29, 0.717) is 27.3 Å². The van der Waals surface area contributed by atoms with Crippen LogP contribution in [0.3, 0.4) is 0 Å². The molecule has 4 aromatic heterocycles. The molecular weight excluding hydrogens is 479 g/mol. The van der Waals surface area contributed by atoms with Crippen LogP contribution in [0.25, 0.3) is 17.0 Å². The number of amides is 1. The predicted molar refractivity (Wildman–Crippen MR) is 121 cm³/mol. The van der Waals surface area contributed by atoms with Gasteiger partial charge in [0.25, 0.3) is 5.91 Å². The van der Waals surface area contributed by atoms with Gasteiger partial charge >= 0.3 is 6.55 Å². The second-order valence-electron chi connectivity index (χ2n) is 8.33. The van der Waals surface area contributed by atoms with Crippen LogP contribution in [-0.4, -0.2) is 58.7 Å². The molecule has 186 valence electrons. The highest BCUT2D eigenvalue weighted by molar-refractivity contribution is 6.00. The lowest BCUT2D eigenvalue weighted by Crippen LogP contribution is -2.42. The third-order valence-corrected chi connectivity index (χ3v) is 5.19. The first kappa shape index (κ1) is 24.6. The number of rotatable bonds is 8. The lowest BCUT2D eigenvalue weighted by molar-refractivity contribution is -0.00177. The van der Waals surface area contributed by atoms with Crippen LogP contribution >= 0.6 is 0 Å². The van der Waals surface area contributed by atoms with Crippen LogP contribution in [0, 0.1) is 11.3 Å². The minimum atomic E-state index is -2.86. The van der Waals surface area contributed by atoms with Crippen LogP contribution in [0.5, 0.6) is 0 Å². The fourth-order valence-corrected chi connectivity index (χ4v) is 3.18. The van der Waals surface area contributed by atoms with Gasteiger partial charge in [0.15, 0.2) is 5.65 Å². The highest BCUT2D eigenvalue weighted by atomic mass is 19.3. The number of carbonyl (C=O) groups is 1. The molecule has 0 fully saturated rings. The van der Waals surface area contributed by atoms with Crippen molar-refractivity contribution in [2.24, 2.45) is 0 Å². The molecule has 14 heteroatoms. The topological polar surface area (TPSA) is 146 Å². The normalized spacial score (nSPS) is 12.5. The zero-order valence-corrected chi connectivity index (χ0v) is 19.0. The Balaban J connectivity index is 1.70. The van der Waals surface area contributed by atoms with Crippen molar-refractivity contribution in [3.8, 4) is 17.5 Å².